The molecule has 0 spiro atoms. The number of nitrogens with one attached hydrogen (secondary N) is 1. The first kappa shape index (κ1) is 19.5. The molecule has 0 fully saturated rings. The Morgan fingerprint density at radius 1 is 1.03 bits per heavy atom. The molecule has 0 saturated carbocycles. The van der Waals surface area contributed by atoms with Gasteiger partial charge in [-0.2, -0.15) is 0 Å². The Balaban J connectivity index is 1.87. The number of anilines is 1. The van der Waals surface area contributed by atoms with Gasteiger partial charge in [-0.25, -0.2) is 8.42 Å². The fraction of sp³-hybridized carbons (Fsp3) is 0.190. The van der Waals surface area contributed by atoms with Gasteiger partial charge in [0, 0.05) is 28.2 Å². The van der Waals surface area contributed by atoms with Crippen LogP contribution in [-0.4, -0.2) is 28.5 Å². The molecule has 4 rings (SSSR count). The minimum atomic E-state index is -3.75. The van der Waals surface area contributed by atoms with E-state index in [1.165, 1.54) is 11.3 Å². The molecule has 8 heteroatoms. The van der Waals surface area contributed by atoms with Gasteiger partial charge in [0.2, 0.25) is 15.7 Å². The van der Waals surface area contributed by atoms with Gasteiger partial charge in [-0.1, -0.05) is 30.3 Å². The first-order chi connectivity index (χ1) is 14.0. The highest BCUT2D eigenvalue weighted by Gasteiger charge is 2.36. The molecule has 2 aromatic carbocycles. The number of hydrogen-bond acceptors (Lipinski definition) is 6. The number of carbonyl (C=O) groups is 1. The number of para-hydroxylation sites is 1. The molecule has 1 aromatic heterocycles. The van der Waals surface area contributed by atoms with Crippen LogP contribution >= 0.6 is 11.3 Å². The highest BCUT2D eigenvalue weighted by molar-refractivity contribution is 7.91. The van der Waals surface area contributed by atoms with Crippen LogP contribution in [0.3, 0.4) is 0 Å². The van der Waals surface area contributed by atoms with Crippen LogP contribution in [0, 0.1) is 0 Å². The molecule has 1 atom stereocenters. The molecule has 150 valence electrons. The van der Waals surface area contributed by atoms with Gasteiger partial charge in [-0.3, -0.25) is 4.79 Å². The predicted molar refractivity (Wildman–Crippen MR) is 111 cm³/mol. The van der Waals surface area contributed by atoms with Crippen LogP contribution in [0.1, 0.15) is 22.8 Å². The summed E-state index contributed by atoms with van der Waals surface area (Å²) in [5.74, 6) is 0.538. The molecule has 2 heterocycles. The second kappa shape index (κ2) is 7.53. The molecule has 1 aliphatic rings. The smallest absolute Gasteiger partial charge is 0.225 e. The summed E-state index contributed by atoms with van der Waals surface area (Å²) in [4.78, 5) is 13.6. The summed E-state index contributed by atoms with van der Waals surface area (Å²) in [6, 6.07) is 13.7. The van der Waals surface area contributed by atoms with Crippen LogP contribution in [0.15, 0.2) is 63.7 Å². The van der Waals surface area contributed by atoms with E-state index in [-0.39, 0.29) is 28.0 Å². The van der Waals surface area contributed by atoms with Crippen molar-refractivity contribution in [3.8, 4) is 11.5 Å². The quantitative estimate of drug-likeness (QED) is 0.661. The van der Waals surface area contributed by atoms with E-state index < -0.39 is 9.84 Å². The Hall–Kier alpha value is -2.84. The molecule has 0 saturated heterocycles. The summed E-state index contributed by atoms with van der Waals surface area (Å²) in [5.41, 5.74) is 1.14. The average molecular weight is 430 g/mol. The van der Waals surface area contributed by atoms with Crippen molar-refractivity contribution < 1.29 is 22.7 Å². The minimum Gasteiger partial charge on any atom is -0.493 e. The Morgan fingerprint density at radius 3 is 2.48 bits per heavy atom. The number of ether oxygens (including phenoxy) is 2. The predicted octanol–water partition coefficient (Wildman–Crippen LogP) is 4.07. The number of rotatable bonds is 5. The van der Waals surface area contributed by atoms with Gasteiger partial charge < -0.3 is 14.8 Å². The van der Waals surface area contributed by atoms with Crippen LogP contribution < -0.4 is 14.8 Å². The maximum Gasteiger partial charge on any atom is 0.225 e. The van der Waals surface area contributed by atoms with E-state index in [2.05, 4.69) is 5.32 Å². The highest BCUT2D eigenvalue weighted by Crippen LogP contribution is 2.49. The van der Waals surface area contributed by atoms with Crippen molar-refractivity contribution in [1.29, 1.82) is 0 Å². The van der Waals surface area contributed by atoms with E-state index in [1.54, 1.807) is 56.0 Å². The van der Waals surface area contributed by atoms with Crippen LogP contribution in [0.2, 0.25) is 0 Å². The summed E-state index contributed by atoms with van der Waals surface area (Å²) < 4.78 is 37.2. The van der Waals surface area contributed by atoms with E-state index in [1.807, 2.05) is 12.1 Å². The highest BCUT2D eigenvalue weighted by atomic mass is 32.2. The van der Waals surface area contributed by atoms with Crippen LogP contribution in [0.4, 0.5) is 5.69 Å². The zero-order chi connectivity index (χ0) is 20.6. The number of carbonyl (C=O) groups excluding carboxylic acids is 1. The van der Waals surface area contributed by atoms with Crippen molar-refractivity contribution in [1.82, 2.24) is 0 Å². The molecule has 0 aliphatic carbocycles. The third-order valence-corrected chi connectivity index (χ3v) is 7.95. The average Bonchev–Trinajstić information content (AvgIpc) is 3.17. The normalized spacial score (nSPS) is 16.1. The van der Waals surface area contributed by atoms with Crippen molar-refractivity contribution in [2.45, 2.75) is 22.1 Å². The number of sulfone groups is 1. The lowest BCUT2D eigenvalue weighted by Gasteiger charge is -2.25. The molecule has 1 amide bonds. The van der Waals surface area contributed by atoms with Crippen molar-refractivity contribution >= 4 is 32.8 Å². The van der Waals surface area contributed by atoms with Crippen LogP contribution in [-0.2, 0) is 14.6 Å². The Morgan fingerprint density at radius 2 is 1.79 bits per heavy atom. The number of hydrogen-bond donors (Lipinski definition) is 1. The SMILES string of the molecule is COc1cccc([C@@H]2CC(=O)Nc3c(S(=O)(=O)c4ccccc4)csc32)c1OC. The number of benzene rings is 2. The molecular weight excluding hydrogens is 410 g/mol. The number of thiophene rings is 1. The zero-order valence-electron chi connectivity index (χ0n) is 15.8. The lowest BCUT2D eigenvalue weighted by molar-refractivity contribution is -0.116. The molecular formula is C21H19NO5S2. The second-order valence-corrected chi connectivity index (χ2v) is 9.37. The fourth-order valence-electron chi connectivity index (χ4n) is 3.57. The lowest BCUT2D eigenvalue weighted by Crippen LogP contribution is -2.23. The Labute approximate surface area is 173 Å². The van der Waals surface area contributed by atoms with E-state index in [9.17, 15) is 13.2 Å². The summed E-state index contributed by atoms with van der Waals surface area (Å²) in [5, 5.41) is 4.37. The molecule has 1 N–H and O–H groups in total. The second-order valence-electron chi connectivity index (χ2n) is 6.54. The van der Waals surface area contributed by atoms with Crippen molar-refractivity contribution in [2.24, 2.45) is 0 Å². The summed E-state index contributed by atoms with van der Waals surface area (Å²) in [7, 11) is -0.656. The molecule has 6 nitrogen and oxygen atoms in total. The van der Waals surface area contributed by atoms with Crippen molar-refractivity contribution in [3.05, 3.63) is 64.4 Å². The van der Waals surface area contributed by atoms with Gasteiger partial charge in [-0.15, -0.1) is 11.3 Å². The van der Waals surface area contributed by atoms with Gasteiger partial charge in [-0.05, 0) is 18.2 Å². The molecule has 0 unspecified atom stereocenters. The maximum atomic E-state index is 13.2. The van der Waals surface area contributed by atoms with E-state index >= 15 is 0 Å². The zero-order valence-corrected chi connectivity index (χ0v) is 17.5. The molecule has 3 aromatic rings. The van der Waals surface area contributed by atoms with E-state index in [0.717, 1.165) is 10.4 Å². The monoisotopic (exact) mass is 429 g/mol. The summed E-state index contributed by atoms with van der Waals surface area (Å²) in [6.45, 7) is 0. The maximum absolute atomic E-state index is 13.2. The fourth-order valence-corrected chi connectivity index (χ4v) is 6.49. The molecule has 29 heavy (non-hydrogen) atoms. The third-order valence-electron chi connectivity index (χ3n) is 4.91. The van der Waals surface area contributed by atoms with E-state index in [4.69, 9.17) is 9.47 Å². The van der Waals surface area contributed by atoms with Gasteiger partial charge in [0.05, 0.1) is 24.8 Å². The number of methoxy groups -OCH3 is 2. The molecule has 0 radical (unpaired) electrons. The number of amides is 1. The largest absolute Gasteiger partial charge is 0.493 e. The summed E-state index contributed by atoms with van der Waals surface area (Å²) in [6.07, 6.45) is 0.196. The minimum absolute atomic E-state index is 0.114. The standard InChI is InChI=1S/C21H19NO5S2/c1-26-16-10-6-9-14(20(16)27-2)15-11-18(23)22-19-17(12-28-21(15)19)29(24,25)13-7-4-3-5-8-13/h3-10,12,15H,11H2,1-2H3,(H,22,23)/t15-/m0/s1. The first-order valence-corrected chi connectivity index (χ1v) is 11.3. The van der Waals surface area contributed by atoms with Gasteiger partial charge in [0.1, 0.15) is 4.90 Å². The topological polar surface area (TPSA) is 81.7 Å². The van der Waals surface area contributed by atoms with Gasteiger partial charge in [0.25, 0.3) is 0 Å². The van der Waals surface area contributed by atoms with Crippen LogP contribution in [0.5, 0.6) is 11.5 Å². The third kappa shape index (κ3) is 3.28. The Bertz CT molecular complexity index is 1170. The first-order valence-electron chi connectivity index (χ1n) is 8.89. The molecule has 0 bridgehead atoms. The molecule has 1 aliphatic heterocycles. The van der Waals surface area contributed by atoms with Gasteiger partial charge >= 0.3 is 0 Å². The van der Waals surface area contributed by atoms with Crippen LogP contribution in [0.25, 0.3) is 0 Å². The van der Waals surface area contributed by atoms with E-state index in [0.29, 0.717) is 17.2 Å². The number of fused-ring (bicyclic) bond motifs is 1. The van der Waals surface area contributed by atoms with Crippen molar-refractivity contribution in [3.63, 3.8) is 0 Å². The Kier molecular flexibility index (Phi) is 5.06. The lowest BCUT2D eigenvalue weighted by atomic mass is 9.89. The van der Waals surface area contributed by atoms with Gasteiger partial charge in [0.15, 0.2) is 11.5 Å². The summed E-state index contributed by atoms with van der Waals surface area (Å²) >= 11 is 1.32. The van der Waals surface area contributed by atoms with Crippen molar-refractivity contribution in [2.75, 3.05) is 19.5 Å².